The van der Waals surface area contributed by atoms with Crippen LogP contribution in [0, 0.1) is 0 Å². The van der Waals surface area contributed by atoms with E-state index in [1.807, 2.05) is 19.0 Å². The van der Waals surface area contributed by atoms with Gasteiger partial charge in [0, 0.05) is 18.7 Å². The van der Waals surface area contributed by atoms with Crippen LogP contribution < -0.4 is 0 Å². The summed E-state index contributed by atoms with van der Waals surface area (Å²) in [5.41, 5.74) is 0.457. The molecule has 0 aromatic heterocycles. The number of hydrogen-bond acceptors (Lipinski definition) is 4. The molecule has 1 rings (SSSR count). The lowest BCUT2D eigenvalue weighted by molar-refractivity contribution is -0.143. The Balaban J connectivity index is 2.78. The number of nitrogens with zero attached hydrogens (tertiary/aromatic N) is 2. The Morgan fingerprint density at radius 3 is 2.38 bits per heavy atom. The average molecular weight is 375 g/mol. The number of amides is 1. The van der Waals surface area contributed by atoms with Crippen LogP contribution in [0.5, 0.6) is 0 Å². The molecule has 134 valence electrons. The van der Waals surface area contributed by atoms with Crippen molar-refractivity contribution in [3.05, 3.63) is 33.8 Å². The smallest absolute Gasteiger partial charge is 0.307 e. The fraction of sp³-hybridized carbons (Fsp3) is 0.529. The average Bonchev–Trinajstić information content (AvgIpc) is 2.52. The Labute approximate surface area is 153 Å². The Kier molecular flexibility index (Phi) is 9.11. The number of carbonyl (C=O) groups is 2. The van der Waals surface area contributed by atoms with E-state index in [0.29, 0.717) is 35.3 Å². The van der Waals surface area contributed by atoms with Crippen LogP contribution >= 0.6 is 23.2 Å². The molecule has 24 heavy (non-hydrogen) atoms. The molecule has 1 aromatic rings. The zero-order chi connectivity index (χ0) is 18.1. The molecule has 7 heteroatoms. The van der Waals surface area contributed by atoms with Crippen molar-refractivity contribution in [2.45, 2.75) is 19.8 Å². The van der Waals surface area contributed by atoms with E-state index in [-0.39, 0.29) is 18.3 Å². The highest BCUT2D eigenvalue weighted by molar-refractivity contribution is 6.42. The summed E-state index contributed by atoms with van der Waals surface area (Å²) in [7, 11) is 3.95. The molecule has 5 nitrogen and oxygen atoms in total. The van der Waals surface area contributed by atoms with Crippen LogP contribution in [0.1, 0.15) is 30.1 Å². The van der Waals surface area contributed by atoms with E-state index >= 15 is 0 Å². The molecule has 1 amide bonds. The van der Waals surface area contributed by atoms with Gasteiger partial charge < -0.3 is 14.5 Å². The minimum Gasteiger partial charge on any atom is -0.466 e. The van der Waals surface area contributed by atoms with E-state index in [1.165, 1.54) is 0 Å². The van der Waals surface area contributed by atoms with Crippen molar-refractivity contribution in [2.75, 3.05) is 40.3 Å². The summed E-state index contributed by atoms with van der Waals surface area (Å²) in [4.78, 5) is 28.0. The van der Waals surface area contributed by atoms with Crippen molar-refractivity contribution in [1.29, 1.82) is 0 Å². The molecule has 0 atom stereocenters. The lowest BCUT2D eigenvalue weighted by Crippen LogP contribution is -2.35. The summed E-state index contributed by atoms with van der Waals surface area (Å²) in [5.74, 6) is -0.478. The van der Waals surface area contributed by atoms with Gasteiger partial charge in [0.2, 0.25) is 0 Å². The molecule has 0 aliphatic heterocycles. The van der Waals surface area contributed by atoms with E-state index in [0.717, 1.165) is 13.0 Å². The highest BCUT2D eigenvalue weighted by Gasteiger charge is 2.18. The van der Waals surface area contributed by atoms with E-state index in [2.05, 4.69) is 0 Å². The zero-order valence-corrected chi connectivity index (χ0v) is 15.9. The topological polar surface area (TPSA) is 49.9 Å². The van der Waals surface area contributed by atoms with Gasteiger partial charge in [-0.05, 0) is 52.2 Å². The van der Waals surface area contributed by atoms with Crippen molar-refractivity contribution in [3.63, 3.8) is 0 Å². The number of carbonyl (C=O) groups excluding carboxylic acids is 2. The second-order valence-corrected chi connectivity index (χ2v) is 6.45. The number of benzene rings is 1. The van der Waals surface area contributed by atoms with Gasteiger partial charge >= 0.3 is 5.97 Å². The zero-order valence-electron chi connectivity index (χ0n) is 14.3. The fourth-order valence-corrected chi connectivity index (χ4v) is 2.46. The molecular formula is C17H24Cl2N2O3. The molecule has 0 heterocycles. The van der Waals surface area contributed by atoms with Crippen LogP contribution in [0.3, 0.4) is 0 Å². The van der Waals surface area contributed by atoms with E-state index in [4.69, 9.17) is 27.9 Å². The van der Waals surface area contributed by atoms with E-state index < -0.39 is 0 Å². The van der Waals surface area contributed by atoms with Gasteiger partial charge in [-0.25, -0.2) is 0 Å². The van der Waals surface area contributed by atoms with E-state index in [1.54, 1.807) is 30.0 Å². The molecule has 0 unspecified atom stereocenters. The monoisotopic (exact) mass is 374 g/mol. The van der Waals surface area contributed by atoms with Crippen LogP contribution in [0.15, 0.2) is 18.2 Å². The molecule has 0 saturated heterocycles. The van der Waals surface area contributed by atoms with Crippen molar-refractivity contribution < 1.29 is 14.3 Å². The minimum absolute atomic E-state index is 0.170. The summed E-state index contributed by atoms with van der Waals surface area (Å²) >= 11 is 11.9. The second-order valence-electron chi connectivity index (χ2n) is 5.63. The van der Waals surface area contributed by atoms with Crippen LogP contribution in [0.2, 0.25) is 10.0 Å². The minimum atomic E-state index is -0.308. The summed E-state index contributed by atoms with van der Waals surface area (Å²) in [6.45, 7) is 3.81. The predicted octanol–water partition coefficient (Wildman–Crippen LogP) is 3.34. The van der Waals surface area contributed by atoms with Crippen LogP contribution in [0.4, 0.5) is 0 Å². The molecular weight excluding hydrogens is 351 g/mol. The van der Waals surface area contributed by atoms with Gasteiger partial charge in [0.05, 0.1) is 23.1 Å². The summed E-state index contributed by atoms with van der Waals surface area (Å²) in [6.07, 6.45) is 0.978. The third-order valence-corrected chi connectivity index (χ3v) is 4.12. The molecule has 0 N–H and O–H groups in total. The maximum Gasteiger partial charge on any atom is 0.307 e. The van der Waals surface area contributed by atoms with Gasteiger partial charge in [0.1, 0.15) is 0 Å². The third-order valence-electron chi connectivity index (χ3n) is 3.38. The molecule has 0 aliphatic carbocycles. The number of ether oxygens (including phenoxy) is 1. The van der Waals surface area contributed by atoms with Crippen molar-refractivity contribution in [2.24, 2.45) is 0 Å². The standard InChI is InChI=1S/C17H24Cl2N2O3/c1-4-24-16(22)8-11-21(10-5-9-20(2)3)17(23)13-6-7-14(18)15(19)12-13/h6-7,12H,4-5,8-11H2,1-3H3. The van der Waals surface area contributed by atoms with Gasteiger partial charge in [-0.2, -0.15) is 0 Å². The molecule has 0 aliphatic rings. The normalized spacial score (nSPS) is 10.8. The van der Waals surface area contributed by atoms with Crippen molar-refractivity contribution in [3.8, 4) is 0 Å². The molecule has 0 radical (unpaired) electrons. The summed E-state index contributed by atoms with van der Waals surface area (Å²) in [6, 6.07) is 4.79. The first-order chi connectivity index (χ1) is 11.3. The first kappa shape index (κ1) is 20.7. The number of rotatable bonds is 9. The molecule has 0 spiro atoms. The van der Waals surface area contributed by atoms with Crippen molar-refractivity contribution in [1.82, 2.24) is 9.80 Å². The van der Waals surface area contributed by atoms with E-state index in [9.17, 15) is 9.59 Å². The molecule has 1 aromatic carbocycles. The number of esters is 1. The first-order valence-electron chi connectivity index (χ1n) is 7.89. The van der Waals surface area contributed by atoms with Gasteiger partial charge in [-0.3, -0.25) is 9.59 Å². The summed E-state index contributed by atoms with van der Waals surface area (Å²) < 4.78 is 4.93. The maximum absolute atomic E-state index is 12.7. The van der Waals surface area contributed by atoms with Gasteiger partial charge in [0.25, 0.3) is 5.91 Å². The van der Waals surface area contributed by atoms with Crippen LogP contribution in [0.25, 0.3) is 0 Å². The lowest BCUT2D eigenvalue weighted by Gasteiger charge is -2.23. The largest absolute Gasteiger partial charge is 0.466 e. The van der Waals surface area contributed by atoms with Gasteiger partial charge in [0.15, 0.2) is 0 Å². The van der Waals surface area contributed by atoms with Gasteiger partial charge in [-0.15, -0.1) is 0 Å². The molecule has 0 bridgehead atoms. The van der Waals surface area contributed by atoms with Crippen molar-refractivity contribution >= 4 is 35.1 Å². The van der Waals surface area contributed by atoms with Crippen LogP contribution in [-0.4, -0.2) is 62.0 Å². The second kappa shape index (κ2) is 10.5. The fourth-order valence-electron chi connectivity index (χ4n) is 2.16. The molecule has 0 saturated carbocycles. The first-order valence-corrected chi connectivity index (χ1v) is 8.65. The Morgan fingerprint density at radius 1 is 1.08 bits per heavy atom. The summed E-state index contributed by atoms with van der Waals surface area (Å²) in [5, 5.41) is 0.736. The number of halogens is 2. The molecule has 0 fully saturated rings. The Bertz CT molecular complexity index is 565. The highest BCUT2D eigenvalue weighted by atomic mass is 35.5. The predicted molar refractivity (Wildman–Crippen MR) is 96.8 cm³/mol. The maximum atomic E-state index is 12.7. The Morgan fingerprint density at radius 2 is 1.79 bits per heavy atom. The highest BCUT2D eigenvalue weighted by Crippen LogP contribution is 2.23. The van der Waals surface area contributed by atoms with Gasteiger partial charge in [-0.1, -0.05) is 23.2 Å². The quantitative estimate of drug-likeness (QED) is 0.622. The lowest BCUT2D eigenvalue weighted by atomic mass is 10.2. The third kappa shape index (κ3) is 7.07. The Hall–Kier alpha value is -1.30. The van der Waals surface area contributed by atoms with Crippen LogP contribution in [-0.2, 0) is 9.53 Å². The number of hydrogen-bond donors (Lipinski definition) is 0. The SMILES string of the molecule is CCOC(=O)CCN(CCCN(C)C)C(=O)c1ccc(Cl)c(Cl)c1.